The molecule has 0 saturated carbocycles. The summed E-state index contributed by atoms with van der Waals surface area (Å²) < 4.78 is 0. The van der Waals surface area contributed by atoms with Gasteiger partial charge in [-0.1, -0.05) is 35.3 Å². The van der Waals surface area contributed by atoms with Gasteiger partial charge >= 0.3 is 6.03 Å². The number of pyridine rings is 1. The van der Waals surface area contributed by atoms with Crippen LogP contribution in [0.3, 0.4) is 0 Å². The number of hydrogen-bond acceptors (Lipinski definition) is 3. The lowest BCUT2D eigenvalue weighted by Gasteiger charge is -2.17. The van der Waals surface area contributed by atoms with Crippen LogP contribution in [0.15, 0.2) is 30.3 Å². The van der Waals surface area contributed by atoms with Crippen LogP contribution < -0.4 is 16.0 Å². The number of benzene rings is 1. The standard InChI is InChI=1S/C19H22Cl2N4O/c20-16-6-3-13(12-17(16)21)7-10-23-19(26)24-11-8-15-5-4-14-2-1-9-22-18(14)25-15/h3-6,12H,1-2,7-11H2,(H,22,25)(H2,23,24,26). The van der Waals surface area contributed by atoms with Gasteiger partial charge in [0.1, 0.15) is 5.82 Å². The van der Waals surface area contributed by atoms with Gasteiger partial charge in [-0.3, -0.25) is 0 Å². The Morgan fingerprint density at radius 3 is 2.69 bits per heavy atom. The maximum atomic E-state index is 11.9. The zero-order valence-electron chi connectivity index (χ0n) is 14.4. The lowest BCUT2D eigenvalue weighted by atomic mass is 10.1. The van der Waals surface area contributed by atoms with Gasteiger partial charge in [0, 0.05) is 31.7 Å². The number of rotatable bonds is 6. The van der Waals surface area contributed by atoms with Crippen LogP contribution >= 0.6 is 23.2 Å². The summed E-state index contributed by atoms with van der Waals surface area (Å²) in [5.74, 6) is 0.986. The molecule has 2 aromatic rings. The highest BCUT2D eigenvalue weighted by atomic mass is 35.5. The van der Waals surface area contributed by atoms with Crippen molar-refractivity contribution in [2.24, 2.45) is 0 Å². The molecule has 3 N–H and O–H groups in total. The molecule has 1 aliphatic rings. The van der Waals surface area contributed by atoms with Crippen LogP contribution in [-0.2, 0) is 19.3 Å². The highest BCUT2D eigenvalue weighted by Gasteiger charge is 2.10. The molecule has 0 unspecified atom stereocenters. The molecule has 5 nitrogen and oxygen atoms in total. The molecule has 138 valence electrons. The zero-order valence-corrected chi connectivity index (χ0v) is 16.0. The number of aryl methyl sites for hydroxylation is 1. The van der Waals surface area contributed by atoms with Gasteiger partial charge in [0.05, 0.1) is 10.0 Å². The number of amides is 2. The first-order valence-electron chi connectivity index (χ1n) is 8.80. The van der Waals surface area contributed by atoms with Gasteiger partial charge in [0.2, 0.25) is 0 Å². The monoisotopic (exact) mass is 392 g/mol. The number of anilines is 1. The van der Waals surface area contributed by atoms with E-state index in [0.717, 1.165) is 36.5 Å². The Morgan fingerprint density at radius 2 is 1.88 bits per heavy atom. The van der Waals surface area contributed by atoms with Crippen LogP contribution in [0.4, 0.5) is 10.6 Å². The van der Waals surface area contributed by atoms with Gasteiger partial charge in [0.25, 0.3) is 0 Å². The van der Waals surface area contributed by atoms with E-state index in [2.05, 4.69) is 27.0 Å². The molecule has 1 aromatic heterocycles. The van der Waals surface area contributed by atoms with Crippen LogP contribution in [0.25, 0.3) is 0 Å². The van der Waals surface area contributed by atoms with Crippen LogP contribution in [0, 0.1) is 0 Å². The highest BCUT2D eigenvalue weighted by molar-refractivity contribution is 6.42. The number of carbonyl (C=O) groups is 1. The Morgan fingerprint density at radius 1 is 1.08 bits per heavy atom. The fraction of sp³-hybridized carbons (Fsp3) is 0.368. The van der Waals surface area contributed by atoms with E-state index in [1.165, 1.54) is 5.56 Å². The molecule has 1 aromatic carbocycles. The number of halogens is 2. The van der Waals surface area contributed by atoms with E-state index >= 15 is 0 Å². The van der Waals surface area contributed by atoms with Gasteiger partial charge < -0.3 is 16.0 Å². The average Bonchev–Trinajstić information content (AvgIpc) is 2.64. The number of aromatic nitrogens is 1. The molecule has 2 amide bonds. The predicted octanol–water partition coefficient (Wildman–Crippen LogP) is 3.83. The second kappa shape index (κ2) is 9.10. The molecule has 1 aliphatic heterocycles. The molecule has 0 bridgehead atoms. The maximum absolute atomic E-state index is 11.9. The topological polar surface area (TPSA) is 66.0 Å². The van der Waals surface area contributed by atoms with Gasteiger partial charge in [-0.15, -0.1) is 0 Å². The first-order valence-corrected chi connectivity index (χ1v) is 9.56. The molecule has 7 heteroatoms. The Labute approximate surface area is 163 Å². The molecule has 0 fully saturated rings. The number of nitrogens with zero attached hydrogens (tertiary/aromatic N) is 1. The van der Waals surface area contributed by atoms with Crippen LogP contribution in [0.2, 0.25) is 10.0 Å². The summed E-state index contributed by atoms with van der Waals surface area (Å²) in [4.78, 5) is 16.5. The van der Waals surface area contributed by atoms with E-state index in [4.69, 9.17) is 23.2 Å². The fourth-order valence-corrected chi connectivity index (χ4v) is 3.21. The van der Waals surface area contributed by atoms with Crippen LogP contribution in [0.5, 0.6) is 0 Å². The first kappa shape index (κ1) is 18.8. The van der Waals surface area contributed by atoms with Crippen molar-refractivity contribution in [3.05, 3.63) is 57.2 Å². The summed E-state index contributed by atoms with van der Waals surface area (Å²) in [5, 5.41) is 10.1. The number of urea groups is 1. The van der Waals surface area contributed by atoms with Crippen molar-refractivity contribution in [2.45, 2.75) is 25.7 Å². The predicted molar refractivity (Wildman–Crippen MR) is 106 cm³/mol. The average molecular weight is 393 g/mol. The van der Waals surface area contributed by atoms with E-state index < -0.39 is 0 Å². The third-order valence-corrected chi connectivity index (χ3v) is 5.04. The Balaban J connectivity index is 1.37. The minimum atomic E-state index is -0.179. The highest BCUT2D eigenvalue weighted by Crippen LogP contribution is 2.22. The second-order valence-corrected chi connectivity index (χ2v) is 7.09. The number of fused-ring (bicyclic) bond motifs is 1. The van der Waals surface area contributed by atoms with Crippen molar-refractivity contribution >= 4 is 35.1 Å². The number of hydrogen-bond donors (Lipinski definition) is 3. The lowest BCUT2D eigenvalue weighted by Crippen LogP contribution is -2.37. The quantitative estimate of drug-likeness (QED) is 0.699. The molecule has 26 heavy (non-hydrogen) atoms. The lowest BCUT2D eigenvalue weighted by molar-refractivity contribution is 0.241. The summed E-state index contributed by atoms with van der Waals surface area (Å²) in [5.41, 5.74) is 3.28. The van der Waals surface area contributed by atoms with Crippen LogP contribution in [0.1, 0.15) is 23.2 Å². The van der Waals surface area contributed by atoms with E-state index in [1.54, 1.807) is 6.07 Å². The van der Waals surface area contributed by atoms with Crippen molar-refractivity contribution < 1.29 is 4.79 Å². The minimum absolute atomic E-state index is 0.179. The van der Waals surface area contributed by atoms with Crippen molar-refractivity contribution in [2.75, 3.05) is 25.0 Å². The van der Waals surface area contributed by atoms with E-state index in [-0.39, 0.29) is 6.03 Å². The third kappa shape index (κ3) is 5.26. The van der Waals surface area contributed by atoms with Crippen molar-refractivity contribution in [1.29, 1.82) is 0 Å². The molecule has 0 saturated heterocycles. The summed E-state index contributed by atoms with van der Waals surface area (Å²) in [6.45, 7) is 2.05. The summed E-state index contributed by atoms with van der Waals surface area (Å²) in [6, 6.07) is 9.47. The molecule has 0 spiro atoms. The maximum Gasteiger partial charge on any atom is 0.314 e. The second-order valence-electron chi connectivity index (χ2n) is 6.27. The largest absolute Gasteiger partial charge is 0.370 e. The summed E-state index contributed by atoms with van der Waals surface area (Å²) in [6.07, 6.45) is 3.63. The molecular weight excluding hydrogens is 371 g/mol. The van der Waals surface area contributed by atoms with Crippen LogP contribution in [-0.4, -0.2) is 30.6 Å². The van der Waals surface area contributed by atoms with Gasteiger partial charge in [-0.05, 0) is 48.6 Å². The SMILES string of the molecule is O=C(NCCc1ccc(Cl)c(Cl)c1)NCCc1ccc2c(n1)NCCC2. The van der Waals surface area contributed by atoms with Crippen molar-refractivity contribution in [3.63, 3.8) is 0 Å². The zero-order chi connectivity index (χ0) is 18.4. The van der Waals surface area contributed by atoms with Crippen molar-refractivity contribution in [1.82, 2.24) is 15.6 Å². The molecule has 0 radical (unpaired) electrons. The molecule has 0 atom stereocenters. The number of carbonyl (C=O) groups excluding carboxylic acids is 1. The van der Waals surface area contributed by atoms with E-state index in [9.17, 15) is 4.79 Å². The smallest absolute Gasteiger partial charge is 0.314 e. The Bertz CT molecular complexity index is 782. The Kier molecular flexibility index (Phi) is 6.58. The Hall–Kier alpha value is -1.98. The molecule has 3 rings (SSSR count). The molecule has 2 heterocycles. The van der Waals surface area contributed by atoms with Crippen molar-refractivity contribution in [3.8, 4) is 0 Å². The summed E-state index contributed by atoms with van der Waals surface area (Å²) in [7, 11) is 0. The van der Waals surface area contributed by atoms with Gasteiger partial charge in [0.15, 0.2) is 0 Å². The minimum Gasteiger partial charge on any atom is -0.370 e. The fourth-order valence-electron chi connectivity index (χ4n) is 2.89. The van der Waals surface area contributed by atoms with Gasteiger partial charge in [-0.2, -0.15) is 0 Å². The molecular formula is C19H22Cl2N4O. The normalized spacial score (nSPS) is 12.8. The van der Waals surface area contributed by atoms with Gasteiger partial charge in [-0.25, -0.2) is 9.78 Å². The third-order valence-electron chi connectivity index (χ3n) is 4.30. The number of nitrogens with one attached hydrogen (secondary N) is 3. The first-order chi connectivity index (χ1) is 12.6. The summed E-state index contributed by atoms with van der Waals surface area (Å²) >= 11 is 11.9. The van der Waals surface area contributed by atoms with E-state index in [1.807, 2.05) is 18.2 Å². The van der Waals surface area contributed by atoms with E-state index in [0.29, 0.717) is 36.0 Å². The molecule has 0 aliphatic carbocycles.